The molecule has 2 heterocycles. The molecule has 0 N–H and O–H groups in total. The average Bonchev–Trinajstić information content (AvgIpc) is 3.30. The van der Waals surface area contributed by atoms with Gasteiger partial charge in [0.05, 0.1) is 16.1 Å². The molecule has 2 aromatic heterocycles. The minimum atomic E-state index is -0.678. The summed E-state index contributed by atoms with van der Waals surface area (Å²) in [6.45, 7) is 0.232. The van der Waals surface area contributed by atoms with Gasteiger partial charge >= 0.3 is 0 Å². The fourth-order valence-corrected chi connectivity index (χ4v) is 3.63. The molecule has 2 aromatic carbocycles. The van der Waals surface area contributed by atoms with Gasteiger partial charge in [0.1, 0.15) is 11.6 Å². The highest BCUT2D eigenvalue weighted by molar-refractivity contribution is 5.76. The zero-order chi connectivity index (χ0) is 23.5. The highest BCUT2D eigenvalue weighted by Crippen LogP contribution is 2.35. The van der Waals surface area contributed by atoms with E-state index >= 15 is 0 Å². The van der Waals surface area contributed by atoms with Gasteiger partial charge in [-0.3, -0.25) is 10.1 Å². The first-order valence-electron chi connectivity index (χ1n) is 10.1. The van der Waals surface area contributed by atoms with Crippen molar-refractivity contribution in [2.45, 2.75) is 13.0 Å². The second kappa shape index (κ2) is 9.25. The van der Waals surface area contributed by atoms with Crippen LogP contribution in [-0.4, -0.2) is 38.7 Å². The quantitative estimate of drug-likeness (QED) is 0.306. The van der Waals surface area contributed by atoms with Gasteiger partial charge in [0.25, 0.3) is 5.69 Å². The van der Waals surface area contributed by atoms with Crippen LogP contribution in [0.5, 0.6) is 0 Å². The number of benzene rings is 2. The Kier molecular flexibility index (Phi) is 6.23. The lowest BCUT2D eigenvalue weighted by Crippen LogP contribution is -2.13. The number of halogens is 2. The molecule has 0 spiro atoms. The van der Waals surface area contributed by atoms with Gasteiger partial charge in [-0.1, -0.05) is 6.07 Å². The Morgan fingerprint density at radius 3 is 2.48 bits per heavy atom. The molecule has 33 heavy (non-hydrogen) atoms. The number of aromatic nitrogens is 3. The van der Waals surface area contributed by atoms with Crippen LogP contribution in [0, 0.1) is 27.8 Å². The van der Waals surface area contributed by atoms with Crippen LogP contribution < -0.4 is 0 Å². The first-order chi connectivity index (χ1) is 15.8. The summed E-state index contributed by atoms with van der Waals surface area (Å²) in [6, 6.07) is 13.4. The van der Waals surface area contributed by atoms with Crippen molar-refractivity contribution in [1.82, 2.24) is 19.7 Å². The Bertz CT molecular complexity index is 1270. The lowest BCUT2D eigenvalue weighted by Gasteiger charge is -2.15. The first kappa shape index (κ1) is 22.2. The number of pyridine rings is 1. The second-order valence-electron chi connectivity index (χ2n) is 7.76. The molecule has 4 aromatic rings. The second-order valence-corrected chi connectivity index (χ2v) is 7.76. The smallest absolute Gasteiger partial charge is 0.282 e. The fourth-order valence-electron chi connectivity index (χ4n) is 3.63. The average molecular weight is 448 g/mol. The van der Waals surface area contributed by atoms with Gasteiger partial charge in [0.2, 0.25) is 0 Å². The van der Waals surface area contributed by atoms with Crippen LogP contribution in [-0.2, 0) is 13.0 Å². The third-order valence-corrected chi connectivity index (χ3v) is 5.05. The molecule has 0 saturated heterocycles. The number of nitro groups is 1. The summed E-state index contributed by atoms with van der Waals surface area (Å²) in [6.07, 6.45) is 4.78. The summed E-state index contributed by atoms with van der Waals surface area (Å²) in [5.74, 6) is -0.804. The summed E-state index contributed by atoms with van der Waals surface area (Å²) < 4.78 is 30.1. The van der Waals surface area contributed by atoms with Crippen LogP contribution in [0.25, 0.3) is 16.9 Å². The number of nitro benzene ring substituents is 1. The number of nitrogens with zero attached hydrogens (tertiary/aromatic N) is 5. The molecule has 1 radical (unpaired) electrons. The molecule has 0 bridgehead atoms. The Balaban J connectivity index is 1.85. The maximum absolute atomic E-state index is 14.3. The number of hydrogen-bond donors (Lipinski definition) is 0. The van der Waals surface area contributed by atoms with E-state index < -0.39 is 16.6 Å². The van der Waals surface area contributed by atoms with Crippen molar-refractivity contribution in [1.29, 1.82) is 0 Å². The van der Waals surface area contributed by atoms with Crippen LogP contribution in [0.1, 0.15) is 16.7 Å². The lowest BCUT2D eigenvalue weighted by atomic mass is 9.94. The van der Waals surface area contributed by atoms with E-state index in [1.165, 1.54) is 24.4 Å². The van der Waals surface area contributed by atoms with Crippen molar-refractivity contribution in [2.24, 2.45) is 0 Å². The Morgan fingerprint density at radius 2 is 1.91 bits per heavy atom. The van der Waals surface area contributed by atoms with Crippen LogP contribution >= 0.6 is 0 Å². The van der Waals surface area contributed by atoms with Gasteiger partial charge in [-0.25, -0.2) is 18.4 Å². The SMILES string of the molecule is CN(C)Cc1[c]c(Cc2c(F)cccc2F)cc(-c2ccc(-n3cccn3)nc2)c1[N+](=O)[O-]. The molecule has 0 atom stereocenters. The van der Waals surface area contributed by atoms with E-state index in [0.717, 1.165) is 0 Å². The van der Waals surface area contributed by atoms with Gasteiger partial charge in [-0.15, -0.1) is 0 Å². The molecule has 0 amide bonds. The Labute approximate surface area is 189 Å². The largest absolute Gasteiger partial charge is 0.305 e. The monoisotopic (exact) mass is 448 g/mol. The van der Waals surface area contributed by atoms with Gasteiger partial charge < -0.3 is 4.90 Å². The zero-order valence-electron chi connectivity index (χ0n) is 18.0. The van der Waals surface area contributed by atoms with E-state index in [-0.39, 0.29) is 24.2 Å². The number of rotatable bonds is 7. The topological polar surface area (TPSA) is 77.1 Å². The molecule has 9 heteroatoms. The van der Waals surface area contributed by atoms with E-state index in [0.29, 0.717) is 28.1 Å². The van der Waals surface area contributed by atoms with Gasteiger partial charge in [-0.2, -0.15) is 5.10 Å². The van der Waals surface area contributed by atoms with E-state index in [4.69, 9.17) is 0 Å². The first-order valence-corrected chi connectivity index (χ1v) is 10.1. The summed E-state index contributed by atoms with van der Waals surface area (Å²) in [7, 11) is 3.56. The maximum atomic E-state index is 14.3. The van der Waals surface area contributed by atoms with Crippen molar-refractivity contribution in [3.8, 4) is 16.9 Å². The van der Waals surface area contributed by atoms with Gasteiger partial charge in [0, 0.05) is 42.7 Å². The molecule has 4 rings (SSSR count). The van der Waals surface area contributed by atoms with Crippen LogP contribution in [0.2, 0.25) is 0 Å². The summed E-state index contributed by atoms with van der Waals surface area (Å²) in [5, 5.41) is 16.2. The molecule has 0 saturated carbocycles. The van der Waals surface area contributed by atoms with Crippen molar-refractivity contribution in [3.05, 3.63) is 106 Å². The van der Waals surface area contributed by atoms with Crippen LogP contribution in [0.4, 0.5) is 14.5 Å². The Hall–Kier alpha value is -3.98. The molecule has 0 aliphatic rings. The molecule has 0 unspecified atom stereocenters. The third kappa shape index (κ3) is 4.78. The van der Waals surface area contributed by atoms with Crippen molar-refractivity contribution < 1.29 is 13.7 Å². The number of hydrogen-bond acceptors (Lipinski definition) is 5. The molecular formula is C24H20F2N5O2. The molecule has 167 valence electrons. The van der Waals surface area contributed by atoms with E-state index in [1.807, 2.05) is 0 Å². The highest BCUT2D eigenvalue weighted by Gasteiger charge is 2.24. The molecule has 0 fully saturated rings. The normalized spacial score (nSPS) is 11.2. The van der Waals surface area contributed by atoms with Crippen LogP contribution in [0.15, 0.2) is 61.1 Å². The standard InChI is InChI=1S/C24H20F2N5O2/c1-29(2)15-18-11-16(13-20-21(25)5-3-6-22(20)26)12-19(24(18)31(32)33)17-7-8-23(27-14-17)30-10-4-9-28-30/h3-10,12,14H,13,15H2,1-2H3. The summed E-state index contributed by atoms with van der Waals surface area (Å²) in [5.41, 5.74) is 1.34. The zero-order valence-corrected chi connectivity index (χ0v) is 18.0. The van der Waals surface area contributed by atoms with Crippen molar-refractivity contribution in [2.75, 3.05) is 14.1 Å². The van der Waals surface area contributed by atoms with E-state index in [2.05, 4.69) is 16.1 Å². The minimum Gasteiger partial charge on any atom is -0.305 e. The maximum Gasteiger partial charge on any atom is 0.282 e. The molecule has 0 aliphatic carbocycles. The lowest BCUT2D eigenvalue weighted by molar-refractivity contribution is -0.385. The van der Waals surface area contributed by atoms with Gasteiger partial charge in [0.15, 0.2) is 5.82 Å². The predicted molar refractivity (Wildman–Crippen MR) is 119 cm³/mol. The van der Waals surface area contributed by atoms with Gasteiger partial charge in [-0.05, 0) is 62.1 Å². The fraction of sp³-hybridized carbons (Fsp3) is 0.167. The minimum absolute atomic E-state index is 0.0945. The summed E-state index contributed by atoms with van der Waals surface area (Å²) >= 11 is 0. The molecular weight excluding hydrogens is 428 g/mol. The highest BCUT2D eigenvalue weighted by atomic mass is 19.1. The summed E-state index contributed by atoms with van der Waals surface area (Å²) in [4.78, 5) is 17.7. The van der Waals surface area contributed by atoms with E-state index in [1.54, 1.807) is 60.3 Å². The predicted octanol–water partition coefficient (Wildman–Crippen LogP) is 4.57. The molecule has 7 nitrogen and oxygen atoms in total. The van der Waals surface area contributed by atoms with Crippen LogP contribution in [0.3, 0.4) is 0 Å². The third-order valence-electron chi connectivity index (χ3n) is 5.05. The Morgan fingerprint density at radius 1 is 1.15 bits per heavy atom. The van der Waals surface area contributed by atoms with E-state index in [9.17, 15) is 18.9 Å². The molecule has 0 aliphatic heterocycles. The van der Waals surface area contributed by atoms with Crippen molar-refractivity contribution >= 4 is 5.69 Å². The van der Waals surface area contributed by atoms with Crippen molar-refractivity contribution in [3.63, 3.8) is 0 Å².